The van der Waals surface area contributed by atoms with Crippen molar-refractivity contribution in [3.8, 4) is 11.3 Å². The molecule has 0 bridgehead atoms. The van der Waals surface area contributed by atoms with E-state index in [1.54, 1.807) is 11.1 Å². The van der Waals surface area contributed by atoms with Crippen LogP contribution in [0.4, 0.5) is 14.6 Å². The van der Waals surface area contributed by atoms with Gasteiger partial charge in [-0.15, -0.1) is 0 Å². The zero-order chi connectivity index (χ0) is 31.3. The molecule has 1 saturated heterocycles. The molecule has 5 heterocycles. The average molecular weight is 600 g/mol. The molecule has 1 aliphatic rings. The number of amides is 1. The average Bonchev–Trinajstić information content (AvgIpc) is 3.47. The number of benzene rings is 1. The van der Waals surface area contributed by atoms with Gasteiger partial charge in [-0.3, -0.25) is 14.3 Å². The second-order valence-electron chi connectivity index (χ2n) is 11.3. The fraction of sp³-hybridized carbons (Fsp3) is 0.323. The number of aromatic nitrogens is 7. The summed E-state index contributed by atoms with van der Waals surface area (Å²) in [5, 5.41) is 10.8. The fourth-order valence-corrected chi connectivity index (χ4v) is 5.87. The van der Waals surface area contributed by atoms with Crippen molar-refractivity contribution in [2.75, 3.05) is 24.5 Å². The number of fused-ring (bicyclic) bond motifs is 2. The molecule has 6 rings (SSSR count). The minimum absolute atomic E-state index is 0.0642. The van der Waals surface area contributed by atoms with Crippen molar-refractivity contribution in [2.24, 2.45) is 0 Å². The number of pyridine rings is 2. The Hall–Kier alpha value is -5.07. The number of aromatic amines is 1. The highest BCUT2D eigenvalue weighted by molar-refractivity contribution is 5.94. The van der Waals surface area contributed by atoms with E-state index in [-0.39, 0.29) is 58.0 Å². The van der Waals surface area contributed by atoms with Gasteiger partial charge in [0.15, 0.2) is 5.82 Å². The van der Waals surface area contributed by atoms with Crippen molar-refractivity contribution in [1.82, 2.24) is 39.8 Å². The lowest BCUT2D eigenvalue weighted by atomic mass is 9.99. The molecule has 0 spiro atoms. The lowest BCUT2D eigenvalue weighted by Gasteiger charge is -2.40. The number of nitrogens with one attached hydrogen (secondary N) is 1. The Bertz CT molecular complexity index is 2000. The van der Waals surface area contributed by atoms with Crippen LogP contribution in [0.1, 0.15) is 43.5 Å². The minimum Gasteiger partial charge on any atom is -0.350 e. The Morgan fingerprint density at radius 1 is 1.16 bits per heavy atom. The summed E-state index contributed by atoms with van der Waals surface area (Å²) in [6.07, 6.45) is 2.99. The third-order valence-electron chi connectivity index (χ3n) is 8.13. The number of carbonyl (C=O) groups excluding carboxylic acids is 1. The Morgan fingerprint density at radius 2 is 1.95 bits per heavy atom. The van der Waals surface area contributed by atoms with E-state index in [9.17, 15) is 9.59 Å². The van der Waals surface area contributed by atoms with Crippen LogP contribution >= 0.6 is 0 Å². The summed E-state index contributed by atoms with van der Waals surface area (Å²) in [4.78, 5) is 43.3. The monoisotopic (exact) mass is 599 g/mol. The van der Waals surface area contributed by atoms with E-state index in [4.69, 9.17) is 0 Å². The van der Waals surface area contributed by atoms with Crippen LogP contribution in [-0.4, -0.2) is 71.4 Å². The summed E-state index contributed by atoms with van der Waals surface area (Å²) in [6.45, 7) is 12.6. The van der Waals surface area contributed by atoms with Gasteiger partial charge in [-0.25, -0.2) is 18.6 Å². The highest BCUT2D eigenvalue weighted by atomic mass is 19.1. The van der Waals surface area contributed by atoms with Crippen LogP contribution in [0.15, 0.2) is 47.9 Å². The van der Waals surface area contributed by atoms with Gasteiger partial charge >= 0.3 is 5.69 Å². The molecule has 4 aromatic heterocycles. The van der Waals surface area contributed by atoms with Crippen molar-refractivity contribution in [1.29, 1.82) is 0 Å². The zero-order valence-electron chi connectivity index (χ0n) is 24.8. The molecule has 1 N–H and O–H groups in total. The predicted molar refractivity (Wildman–Crippen MR) is 162 cm³/mol. The Labute approximate surface area is 251 Å². The van der Waals surface area contributed by atoms with Gasteiger partial charge in [0.2, 0.25) is 5.91 Å². The van der Waals surface area contributed by atoms with E-state index in [1.165, 1.54) is 28.8 Å². The Kier molecular flexibility index (Phi) is 7.39. The number of anilines is 1. The van der Waals surface area contributed by atoms with E-state index in [0.29, 0.717) is 25.2 Å². The molecule has 0 saturated carbocycles. The summed E-state index contributed by atoms with van der Waals surface area (Å²) >= 11 is 0. The summed E-state index contributed by atoms with van der Waals surface area (Å²) in [7, 11) is 0. The molecule has 0 radical (unpaired) electrons. The molecule has 1 fully saturated rings. The third kappa shape index (κ3) is 4.87. The molecular formula is C31H31F2N9O2. The van der Waals surface area contributed by atoms with E-state index in [2.05, 4.69) is 36.9 Å². The number of hydrogen-bond donors (Lipinski definition) is 1. The standard InChI is InChI=1S/C31H31F2N9O2/c1-6-24(43)40-11-12-41(18(5)14-40)30-19-13-22(33)27(25-21(32)7-8-23-28(25)38-39-37-23)35-29(19)42(31(44)36-30)15-20-17(4)9-10-34-26(20)16(2)3/h6-10,13,16,18H,1,11-12,14-15H2,2-5H3,(H,37,38,39)/t18-/m0/s1. The van der Waals surface area contributed by atoms with Gasteiger partial charge in [0.25, 0.3) is 0 Å². The van der Waals surface area contributed by atoms with Crippen LogP contribution in [-0.2, 0) is 11.3 Å². The van der Waals surface area contributed by atoms with Crippen molar-refractivity contribution in [3.63, 3.8) is 0 Å². The fourth-order valence-electron chi connectivity index (χ4n) is 5.87. The van der Waals surface area contributed by atoms with Gasteiger partial charge in [0.05, 0.1) is 17.5 Å². The first-order valence-corrected chi connectivity index (χ1v) is 14.3. The van der Waals surface area contributed by atoms with Crippen LogP contribution in [0.2, 0.25) is 0 Å². The molecule has 5 aromatic rings. The van der Waals surface area contributed by atoms with Crippen molar-refractivity contribution >= 4 is 33.8 Å². The normalized spacial score (nSPS) is 15.5. The topological polar surface area (TPSA) is 126 Å². The molecule has 0 unspecified atom stereocenters. The zero-order valence-corrected chi connectivity index (χ0v) is 24.8. The summed E-state index contributed by atoms with van der Waals surface area (Å²) in [5.74, 6) is -1.44. The van der Waals surface area contributed by atoms with Crippen molar-refractivity contribution in [3.05, 3.63) is 82.1 Å². The minimum atomic E-state index is -0.811. The van der Waals surface area contributed by atoms with Crippen LogP contribution in [0.25, 0.3) is 33.3 Å². The number of rotatable bonds is 6. The van der Waals surface area contributed by atoms with E-state index in [1.807, 2.05) is 38.7 Å². The summed E-state index contributed by atoms with van der Waals surface area (Å²) < 4.78 is 32.8. The number of carbonyl (C=O) groups is 1. The number of nitrogens with zero attached hydrogens (tertiary/aromatic N) is 8. The maximum absolute atomic E-state index is 16.1. The highest BCUT2D eigenvalue weighted by Gasteiger charge is 2.30. The van der Waals surface area contributed by atoms with Crippen LogP contribution in [0.3, 0.4) is 0 Å². The van der Waals surface area contributed by atoms with Gasteiger partial charge < -0.3 is 9.80 Å². The van der Waals surface area contributed by atoms with Gasteiger partial charge in [-0.05, 0) is 61.2 Å². The van der Waals surface area contributed by atoms with Gasteiger partial charge in [0, 0.05) is 37.6 Å². The largest absolute Gasteiger partial charge is 0.351 e. The molecule has 1 amide bonds. The molecule has 1 aromatic carbocycles. The smallest absolute Gasteiger partial charge is 0.350 e. The molecule has 0 aliphatic carbocycles. The first kappa shape index (κ1) is 29.0. The molecule has 11 nitrogen and oxygen atoms in total. The third-order valence-corrected chi connectivity index (χ3v) is 8.13. The Balaban J connectivity index is 1.60. The molecule has 44 heavy (non-hydrogen) atoms. The van der Waals surface area contributed by atoms with Crippen LogP contribution in [0, 0.1) is 18.6 Å². The number of piperazine rings is 1. The number of aryl methyl sites for hydroxylation is 1. The molecule has 226 valence electrons. The first-order chi connectivity index (χ1) is 21.1. The maximum atomic E-state index is 16.1. The SMILES string of the molecule is C=CC(=O)N1CCN(c2nc(=O)n(Cc3c(C)ccnc3C(C)C)c3nc(-c4c(F)ccc5n[nH]nc45)c(F)cc23)[C@@H](C)C1. The predicted octanol–water partition coefficient (Wildman–Crippen LogP) is 4.11. The summed E-state index contributed by atoms with van der Waals surface area (Å²) in [5.41, 5.74) is 2.06. The van der Waals surface area contributed by atoms with Gasteiger partial charge in [-0.1, -0.05) is 20.4 Å². The number of hydrogen-bond acceptors (Lipinski definition) is 8. The highest BCUT2D eigenvalue weighted by Crippen LogP contribution is 2.34. The second-order valence-corrected chi connectivity index (χ2v) is 11.3. The number of H-pyrrole nitrogens is 1. The lowest BCUT2D eigenvalue weighted by molar-refractivity contribution is -0.126. The quantitative estimate of drug-likeness (QED) is 0.289. The summed E-state index contributed by atoms with van der Waals surface area (Å²) in [6, 6.07) is 5.46. The molecule has 1 atom stereocenters. The maximum Gasteiger partial charge on any atom is 0.351 e. The van der Waals surface area contributed by atoms with Crippen molar-refractivity contribution < 1.29 is 13.6 Å². The van der Waals surface area contributed by atoms with Crippen LogP contribution in [0.5, 0.6) is 0 Å². The number of halogens is 2. The second kappa shape index (κ2) is 11.2. The lowest BCUT2D eigenvalue weighted by Crippen LogP contribution is -2.54. The van der Waals surface area contributed by atoms with Gasteiger partial charge in [0.1, 0.15) is 34.0 Å². The van der Waals surface area contributed by atoms with E-state index >= 15 is 8.78 Å². The van der Waals surface area contributed by atoms with E-state index < -0.39 is 17.3 Å². The van der Waals surface area contributed by atoms with E-state index in [0.717, 1.165) is 16.8 Å². The first-order valence-electron chi connectivity index (χ1n) is 14.3. The van der Waals surface area contributed by atoms with Crippen LogP contribution < -0.4 is 10.6 Å². The molecule has 1 aliphatic heterocycles. The molecular weight excluding hydrogens is 568 g/mol. The van der Waals surface area contributed by atoms with Gasteiger partial charge in [-0.2, -0.15) is 20.4 Å². The van der Waals surface area contributed by atoms with Crippen molar-refractivity contribution in [2.45, 2.75) is 46.2 Å². The molecule has 13 heteroatoms. The Morgan fingerprint density at radius 3 is 2.68 bits per heavy atom.